The fourth-order valence-electron chi connectivity index (χ4n) is 1.11. The topological polar surface area (TPSA) is 65.2 Å². The first-order chi connectivity index (χ1) is 8.63. The van der Waals surface area contributed by atoms with Crippen LogP contribution in [0.25, 0.3) is 0 Å². The molecular weight excluding hydrogens is 252 g/mol. The molecule has 2 rings (SSSR count). The van der Waals surface area contributed by atoms with Crippen molar-refractivity contribution < 1.29 is 9.53 Å². The van der Waals surface area contributed by atoms with Crippen LogP contribution in [0.1, 0.15) is 10.4 Å². The van der Waals surface area contributed by atoms with Gasteiger partial charge in [-0.2, -0.15) is 0 Å². The second kappa shape index (κ2) is 7.29. The molecule has 0 aliphatic rings. The highest BCUT2D eigenvalue weighted by Crippen LogP contribution is 2.09. The average Bonchev–Trinajstić information content (AvgIpc) is 2.40. The number of amides is 1. The van der Waals surface area contributed by atoms with Gasteiger partial charge in [0.15, 0.2) is 0 Å². The number of ether oxygens (including phenoxy) is 1. The summed E-state index contributed by atoms with van der Waals surface area (Å²) >= 11 is 5.53. The van der Waals surface area contributed by atoms with E-state index in [1.807, 2.05) is 6.07 Å². The monoisotopic (exact) mass is 264 g/mol. The standard InChI is InChI=1S/C7H7NO.C6H6ClNO/c8-7(9)6-4-2-1-3-5-6;1-9-6-4-2-3-5(7)8-6/h1-5H,(H2,8,9);2-4H,1H3. The van der Waals surface area contributed by atoms with Gasteiger partial charge in [-0.3, -0.25) is 4.79 Å². The molecule has 18 heavy (non-hydrogen) atoms. The number of carbonyl (C=O) groups is 1. The summed E-state index contributed by atoms with van der Waals surface area (Å²) in [5.74, 6) is 0.165. The van der Waals surface area contributed by atoms with Gasteiger partial charge in [0.25, 0.3) is 0 Å². The number of primary amides is 1. The first-order valence-electron chi connectivity index (χ1n) is 5.15. The lowest BCUT2D eigenvalue weighted by atomic mass is 10.2. The number of carbonyl (C=O) groups excluding carboxylic acids is 1. The Bertz CT molecular complexity index is 503. The van der Waals surface area contributed by atoms with E-state index in [-0.39, 0.29) is 5.91 Å². The molecule has 1 aromatic carbocycles. The van der Waals surface area contributed by atoms with Crippen molar-refractivity contribution in [2.24, 2.45) is 5.73 Å². The van der Waals surface area contributed by atoms with Gasteiger partial charge in [-0.1, -0.05) is 35.9 Å². The van der Waals surface area contributed by atoms with Gasteiger partial charge in [0.05, 0.1) is 7.11 Å². The lowest BCUT2D eigenvalue weighted by Gasteiger charge is -1.95. The second-order valence-corrected chi connectivity index (χ2v) is 3.62. The first-order valence-corrected chi connectivity index (χ1v) is 5.52. The third-order valence-electron chi connectivity index (χ3n) is 1.96. The van der Waals surface area contributed by atoms with E-state index < -0.39 is 0 Å². The Morgan fingerprint density at radius 3 is 2.22 bits per heavy atom. The minimum absolute atomic E-state index is 0.379. The molecule has 0 saturated heterocycles. The SMILES string of the molecule is COc1cccc(Cl)n1.NC(=O)c1ccccc1. The summed E-state index contributed by atoms with van der Waals surface area (Å²) in [5, 5.41) is 0.453. The van der Waals surface area contributed by atoms with Crippen LogP contribution in [0.2, 0.25) is 5.15 Å². The first kappa shape index (κ1) is 14.0. The molecule has 0 bridgehead atoms. The van der Waals surface area contributed by atoms with E-state index in [0.29, 0.717) is 16.6 Å². The molecule has 2 N–H and O–H groups in total. The molecule has 4 nitrogen and oxygen atoms in total. The summed E-state index contributed by atoms with van der Waals surface area (Å²) in [4.78, 5) is 14.3. The minimum Gasteiger partial charge on any atom is -0.481 e. The molecule has 0 aliphatic carbocycles. The Morgan fingerprint density at radius 2 is 1.83 bits per heavy atom. The number of pyridine rings is 1. The summed E-state index contributed by atoms with van der Waals surface area (Å²) in [6.07, 6.45) is 0. The Labute approximate surface area is 110 Å². The third kappa shape index (κ3) is 4.84. The number of nitrogens with two attached hydrogens (primary N) is 1. The second-order valence-electron chi connectivity index (χ2n) is 3.23. The smallest absolute Gasteiger partial charge is 0.248 e. The van der Waals surface area contributed by atoms with Crippen LogP contribution in [-0.2, 0) is 0 Å². The minimum atomic E-state index is -0.379. The maximum absolute atomic E-state index is 10.4. The van der Waals surface area contributed by atoms with Gasteiger partial charge in [0.2, 0.25) is 11.8 Å². The van der Waals surface area contributed by atoms with Crippen LogP contribution >= 0.6 is 11.6 Å². The van der Waals surface area contributed by atoms with E-state index in [4.69, 9.17) is 22.1 Å². The maximum atomic E-state index is 10.4. The summed E-state index contributed by atoms with van der Waals surface area (Å²) in [5.41, 5.74) is 5.53. The number of hydrogen-bond donors (Lipinski definition) is 1. The van der Waals surface area contributed by atoms with Crippen LogP contribution in [0.3, 0.4) is 0 Å². The quantitative estimate of drug-likeness (QED) is 0.848. The van der Waals surface area contributed by atoms with Crippen LogP contribution in [0.5, 0.6) is 5.88 Å². The molecule has 0 fully saturated rings. The number of hydrogen-bond acceptors (Lipinski definition) is 3. The Balaban J connectivity index is 0.000000180. The molecule has 0 atom stereocenters. The van der Waals surface area contributed by atoms with E-state index in [2.05, 4.69) is 4.98 Å². The molecule has 0 unspecified atom stereocenters. The molecule has 94 valence electrons. The van der Waals surface area contributed by atoms with Crippen molar-refractivity contribution in [3.8, 4) is 5.88 Å². The third-order valence-corrected chi connectivity index (χ3v) is 2.17. The van der Waals surface area contributed by atoms with Gasteiger partial charge < -0.3 is 10.5 Å². The average molecular weight is 265 g/mol. The number of methoxy groups -OCH3 is 1. The van der Waals surface area contributed by atoms with Crippen molar-refractivity contribution in [2.75, 3.05) is 7.11 Å². The number of rotatable bonds is 2. The van der Waals surface area contributed by atoms with Crippen molar-refractivity contribution >= 4 is 17.5 Å². The number of nitrogens with zero attached hydrogens (tertiary/aromatic N) is 1. The summed E-state index contributed by atoms with van der Waals surface area (Å²) in [7, 11) is 1.55. The zero-order valence-electron chi connectivity index (χ0n) is 9.84. The highest BCUT2D eigenvalue weighted by atomic mass is 35.5. The molecule has 0 aliphatic heterocycles. The van der Waals surface area contributed by atoms with E-state index in [9.17, 15) is 4.79 Å². The van der Waals surface area contributed by atoms with Gasteiger partial charge in [0.1, 0.15) is 5.15 Å². The molecule has 0 saturated carbocycles. The fraction of sp³-hybridized carbons (Fsp3) is 0.0769. The van der Waals surface area contributed by atoms with Gasteiger partial charge in [-0.05, 0) is 18.2 Å². The zero-order chi connectivity index (χ0) is 13.4. The van der Waals surface area contributed by atoms with Crippen LogP contribution in [-0.4, -0.2) is 18.0 Å². The molecule has 0 radical (unpaired) electrons. The molecule has 1 amide bonds. The van der Waals surface area contributed by atoms with Gasteiger partial charge in [-0.25, -0.2) is 4.98 Å². The fourth-order valence-corrected chi connectivity index (χ4v) is 1.26. The largest absolute Gasteiger partial charge is 0.481 e. The van der Waals surface area contributed by atoms with Gasteiger partial charge >= 0.3 is 0 Å². The van der Waals surface area contributed by atoms with Crippen LogP contribution < -0.4 is 10.5 Å². The molecule has 5 heteroatoms. The molecule has 2 aromatic rings. The van der Waals surface area contributed by atoms with Crippen LogP contribution in [0.4, 0.5) is 0 Å². The van der Waals surface area contributed by atoms with Crippen LogP contribution in [0.15, 0.2) is 48.5 Å². The summed E-state index contributed by atoms with van der Waals surface area (Å²) < 4.78 is 4.80. The van der Waals surface area contributed by atoms with Gasteiger partial charge in [0, 0.05) is 11.6 Å². The zero-order valence-corrected chi connectivity index (χ0v) is 10.6. The van der Waals surface area contributed by atoms with Crippen molar-refractivity contribution in [3.63, 3.8) is 0 Å². The van der Waals surface area contributed by atoms with Crippen molar-refractivity contribution in [2.45, 2.75) is 0 Å². The molecular formula is C13H13ClN2O2. The number of halogens is 1. The normalized spacial score (nSPS) is 9.00. The lowest BCUT2D eigenvalue weighted by molar-refractivity contribution is 0.100. The van der Waals surface area contributed by atoms with E-state index >= 15 is 0 Å². The highest BCUT2D eigenvalue weighted by Gasteiger charge is 1.93. The van der Waals surface area contributed by atoms with E-state index in [1.165, 1.54) is 0 Å². The molecule has 0 spiro atoms. The predicted molar refractivity (Wildman–Crippen MR) is 70.8 cm³/mol. The van der Waals surface area contributed by atoms with Crippen molar-refractivity contribution in [3.05, 3.63) is 59.2 Å². The lowest BCUT2D eigenvalue weighted by Crippen LogP contribution is -2.09. The number of benzene rings is 1. The molecule has 1 aromatic heterocycles. The van der Waals surface area contributed by atoms with E-state index in [0.717, 1.165) is 0 Å². The maximum Gasteiger partial charge on any atom is 0.248 e. The summed E-state index contributed by atoms with van der Waals surface area (Å²) in [6, 6.07) is 14.0. The highest BCUT2D eigenvalue weighted by molar-refractivity contribution is 6.29. The Kier molecular flexibility index (Phi) is 5.67. The Morgan fingerprint density at radius 1 is 1.17 bits per heavy atom. The predicted octanol–water partition coefficient (Wildman–Crippen LogP) is 2.53. The van der Waals surface area contributed by atoms with E-state index in [1.54, 1.807) is 49.6 Å². The number of aromatic nitrogens is 1. The Hall–Kier alpha value is -2.07. The van der Waals surface area contributed by atoms with Crippen molar-refractivity contribution in [1.82, 2.24) is 4.98 Å². The van der Waals surface area contributed by atoms with Gasteiger partial charge in [-0.15, -0.1) is 0 Å². The summed E-state index contributed by atoms with van der Waals surface area (Å²) in [6.45, 7) is 0. The molecule has 1 heterocycles. The van der Waals surface area contributed by atoms with Crippen LogP contribution in [0, 0.1) is 0 Å². The van der Waals surface area contributed by atoms with Crippen molar-refractivity contribution in [1.29, 1.82) is 0 Å².